The van der Waals surface area contributed by atoms with Crippen LogP contribution in [0.5, 0.6) is 5.75 Å². The summed E-state index contributed by atoms with van der Waals surface area (Å²) in [4.78, 5) is 38.6. The molecule has 1 heterocycles. The molecule has 2 bridgehead atoms. The third-order valence-corrected chi connectivity index (χ3v) is 6.20. The maximum atomic E-state index is 14.3. The summed E-state index contributed by atoms with van der Waals surface area (Å²) in [6.45, 7) is 0. The van der Waals surface area contributed by atoms with Gasteiger partial charge in [-0.1, -0.05) is 12.1 Å². The van der Waals surface area contributed by atoms with E-state index < -0.39 is 76.0 Å². The maximum Gasteiger partial charge on any atom is 0.238 e. The molecule has 2 fully saturated rings. The molecule has 1 N–H and O–H groups in total. The van der Waals surface area contributed by atoms with Crippen LogP contribution in [-0.4, -0.2) is 22.7 Å². The molecule has 10 heteroatoms. The first-order chi connectivity index (χ1) is 14.2. The van der Waals surface area contributed by atoms with Crippen LogP contribution in [0.4, 0.5) is 27.6 Å². The van der Waals surface area contributed by atoms with Crippen LogP contribution < -0.4 is 4.90 Å². The predicted octanol–water partition coefficient (Wildman–Crippen LogP) is 3.05. The Hall–Kier alpha value is -3.30. The molecule has 2 amide bonds. The Labute approximate surface area is 164 Å². The van der Waals surface area contributed by atoms with E-state index in [9.17, 15) is 41.4 Å². The number of fused-ring (bicyclic) bond motifs is 1. The summed E-state index contributed by atoms with van der Waals surface area (Å²) in [6.07, 6.45) is -0.147. The fourth-order valence-corrected chi connectivity index (χ4v) is 5.04. The lowest BCUT2D eigenvalue weighted by atomic mass is 9.56. The number of ketones is 1. The summed E-state index contributed by atoms with van der Waals surface area (Å²) in [5.41, 5.74) is -1.06. The highest BCUT2D eigenvalue weighted by Crippen LogP contribution is 2.59. The van der Waals surface area contributed by atoms with Gasteiger partial charge in [-0.05, 0) is 11.6 Å². The van der Waals surface area contributed by atoms with E-state index in [4.69, 9.17) is 0 Å². The third kappa shape index (κ3) is 2.03. The van der Waals surface area contributed by atoms with Gasteiger partial charge in [-0.3, -0.25) is 14.4 Å². The van der Waals surface area contributed by atoms with Crippen molar-refractivity contribution in [2.24, 2.45) is 11.8 Å². The van der Waals surface area contributed by atoms with Gasteiger partial charge in [0.1, 0.15) is 17.2 Å². The van der Waals surface area contributed by atoms with Crippen LogP contribution in [0.15, 0.2) is 18.2 Å². The Morgan fingerprint density at radius 1 is 0.833 bits per heavy atom. The molecule has 0 spiro atoms. The molecule has 1 aliphatic heterocycles. The molecule has 2 aromatic rings. The number of nitrogens with zero attached hydrogens (tertiary/aromatic N) is 1. The van der Waals surface area contributed by atoms with Gasteiger partial charge in [-0.25, -0.2) is 26.9 Å². The second kappa shape index (κ2) is 5.87. The molecule has 4 aliphatic rings. The van der Waals surface area contributed by atoms with Crippen LogP contribution in [0.1, 0.15) is 29.4 Å². The average Bonchev–Trinajstić information content (AvgIpc) is 2.98. The minimum atomic E-state index is -2.42. The standard InChI is InChI=1S/C20H10F5NO4/c21-13-14(22)16(24)18(17(25)15(13)23)26-19(29)10-6-4-8(28)11(12(10)20(26)30)9-5(6)2-1-3-7(9)27/h1-3,6,10-12,27H,4H2/t6-,10+,11+,12+/m0/s1. The van der Waals surface area contributed by atoms with Crippen molar-refractivity contribution >= 4 is 23.3 Å². The number of Topliss-reactive ketones (excluding diaryl/α,β-unsaturated/α-hetero) is 1. The van der Waals surface area contributed by atoms with Crippen molar-refractivity contribution in [1.82, 2.24) is 0 Å². The molecule has 5 nitrogen and oxygen atoms in total. The fourth-order valence-electron chi connectivity index (χ4n) is 5.04. The summed E-state index contributed by atoms with van der Waals surface area (Å²) < 4.78 is 69.4. The van der Waals surface area contributed by atoms with Crippen molar-refractivity contribution in [2.45, 2.75) is 18.3 Å². The van der Waals surface area contributed by atoms with Gasteiger partial charge >= 0.3 is 0 Å². The van der Waals surface area contributed by atoms with Gasteiger partial charge in [0, 0.05) is 17.9 Å². The highest BCUT2D eigenvalue weighted by atomic mass is 19.2. The number of aromatic hydroxyl groups is 1. The van der Waals surface area contributed by atoms with Crippen molar-refractivity contribution < 1.29 is 41.4 Å². The molecular formula is C20H10F5NO4. The van der Waals surface area contributed by atoms with Crippen LogP contribution in [0.3, 0.4) is 0 Å². The second-order valence-electron chi connectivity index (χ2n) is 7.52. The summed E-state index contributed by atoms with van der Waals surface area (Å²) in [6, 6.07) is 4.34. The third-order valence-electron chi connectivity index (χ3n) is 6.20. The lowest BCUT2D eigenvalue weighted by Crippen LogP contribution is -2.45. The van der Waals surface area contributed by atoms with Crippen LogP contribution >= 0.6 is 0 Å². The molecule has 30 heavy (non-hydrogen) atoms. The average molecular weight is 423 g/mol. The smallest absolute Gasteiger partial charge is 0.238 e. The van der Waals surface area contributed by atoms with E-state index in [2.05, 4.69) is 0 Å². The molecular weight excluding hydrogens is 413 g/mol. The zero-order chi connectivity index (χ0) is 21.6. The van der Waals surface area contributed by atoms with Gasteiger partial charge < -0.3 is 5.11 Å². The minimum Gasteiger partial charge on any atom is -0.508 e. The normalized spacial score (nSPS) is 27.0. The number of benzene rings is 2. The first kappa shape index (κ1) is 18.7. The number of amides is 2. The quantitative estimate of drug-likeness (QED) is 0.331. The van der Waals surface area contributed by atoms with Crippen LogP contribution in [-0.2, 0) is 14.4 Å². The molecule has 3 aliphatic carbocycles. The first-order valence-electron chi connectivity index (χ1n) is 8.90. The lowest BCUT2D eigenvalue weighted by molar-refractivity contribution is -0.134. The highest BCUT2D eigenvalue weighted by Gasteiger charge is 2.64. The number of hydrogen-bond donors (Lipinski definition) is 1. The van der Waals surface area contributed by atoms with Crippen LogP contribution in [0, 0.1) is 40.9 Å². The zero-order valence-electron chi connectivity index (χ0n) is 14.8. The van der Waals surface area contributed by atoms with Crippen molar-refractivity contribution in [3.8, 4) is 5.75 Å². The Morgan fingerprint density at radius 3 is 2.03 bits per heavy atom. The monoisotopic (exact) mass is 423 g/mol. The Morgan fingerprint density at radius 2 is 1.40 bits per heavy atom. The molecule has 6 rings (SSSR count). The van der Waals surface area contributed by atoms with E-state index in [0.29, 0.717) is 5.56 Å². The van der Waals surface area contributed by atoms with Crippen molar-refractivity contribution in [2.75, 3.05) is 4.90 Å². The minimum absolute atomic E-state index is 0.0485. The Balaban J connectivity index is 1.72. The van der Waals surface area contributed by atoms with Gasteiger partial charge in [0.05, 0.1) is 17.8 Å². The van der Waals surface area contributed by atoms with Gasteiger partial charge in [-0.2, -0.15) is 0 Å². The number of phenolic OH excluding ortho intramolecular Hbond substituents is 1. The molecule has 1 saturated carbocycles. The SMILES string of the molecule is O=C1C[C@H]2c3cccc(O)c3[C@@H]1[C@@H]1C(=O)N(c3c(F)c(F)c(F)c(F)c3F)C(=O)[C@@H]12. The molecule has 0 unspecified atom stereocenters. The van der Waals surface area contributed by atoms with Crippen molar-refractivity contribution in [3.05, 3.63) is 58.4 Å². The van der Waals surface area contributed by atoms with Gasteiger partial charge in [0.2, 0.25) is 17.6 Å². The summed E-state index contributed by atoms with van der Waals surface area (Å²) >= 11 is 0. The number of carbonyl (C=O) groups is 3. The van der Waals surface area contributed by atoms with Crippen molar-refractivity contribution in [3.63, 3.8) is 0 Å². The number of carbonyl (C=O) groups excluding carboxylic acids is 3. The zero-order valence-corrected chi connectivity index (χ0v) is 14.8. The molecule has 1 saturated heterocycles. The van der Waals surface area contributed by atoms with Crippen molar-refractivity contribution in [1.29, 1.82) is 0 Å². The number of imide groups is 1. The van der Waals surface area contributed by atoms with E-state index in [1.807, 2.05) is 0 Å². The predicted molar refractivity (Wildman–Crippen MR) is 88.9 cm³/mol. The topological polar surface area (TPSA) is 74.7 Å². The number of rotatable bonds is 1. The van der Waals surface area contributed by atoms with Gasteiger partial charge in [0.15, 0.2) is 23.3 Å². The van der Waals surface area contributed by atoms with E-state index in [1.54, 1.807) is 6.07 Å². The number of hydrogen-bond acceptors (Lipinski definition) is 4. The molecule has 0 radical (unpaired) electrons. The maximum absolute atomic E-state index is 14.3. The van der Waals surface area contributed by atoms with E-state index in [1.165, 1.54) is 12.1 Å². The summed E-state index contributed by atoms with van der Waals surface area (Å²) in [7, 11) is 0. The summed E-state index contributed by atoms with van der Waals surface area (Å²) in [5, 5.41) is 10.2. The lowest BCUT2D eigenvalue weighted by Gasteiger charge is -2.43. The fraction of sp³-hybridized carbons (Fsp3) is 0.250. The van der Waals surface area contributed by atoms with Crippen LogP contribution in [0.2, 0.25) is 0 Å². The number of halogens is 5. The van der Waals surface area contributed by atoms with E-state index in [-0.39, 0.29) is 22.6 Å². The summed E-state index contributed by atoms with van der Waals surface area (Å²) in [5.74, 6) is -19.5. The van der Waals surface area contributed by atoms with E-state index in [0.717, 1.165) is 0 Å². The number of anilines is 1. The second-order valence-corrected chi connectivity index (χ2v) is 7.52. The Kier molecular flexibility index (Phi) is 3.66. The first-order valence-corrected chi connectivity index (χ1v) is 8.90. The largest absolute Gasteiger partial charge is 0.508 e. The van der Waals surface area contributed by atoms with Crippen LogP contribution in [0.25, 0.3) is 0 Å². The molecule has 154 valence electrons. The highest BCUT2D eigenvalue weighted by molar-refractivity contribution is 6.25. The van der Waals surface area contributed by atoms with Gasteiger partial charge in [-0.15, -0.1) is 0 Å². The molecule has 2 aromatic carbocycles. The van der Waals surface area contributed by atoms with E-state index >= 15 is 0 Å². The number of phenols is 1. The molecule has 4 atom stereocenters. The molecule has 0 aromatic heterocycles. The Bertz CT molecular complexity index is 1170. The van der Waals surface area contributed by atoms with Gasteiger partial charge in [0.25, 0.3) is 0 Å².